The van der Waals surface area contributed by atoms with E-state index in [-0.39, 0.29) is 12.8 Å². The van der Waals surface area contributed by atoms with Crippen LogP contribution in [0.3, 0.4) is 0 Å². The van der Waals surface area contributed by atoms with Crippen LogP contribution in [0.25, 0.3) is 22.3 Å². The minimum Gasteiger partial charge on any atom is -0.381 e. The Morgan fingerprint density at radius 3 is 2.66 bits per heavy atom. The van der Waals surface area contributed by atoms with Crippen molar-refractivity contribution in [1.29, 1.82) is 0 Å². The molecular formula is C23H29N7O2. The summed E-state index contributed by atoms with van der Waals surface area (Å²) in [6.45, 7) is 6.80. The molecule has 3 N–H and O–H groups in total. The van der Waals surface area contributed by atoms with Crippen molar-refractivity contribution in [3.8, 4) is 11.3 Å². The van der Waals surface area contributed by atoms with E-state index < -0.39 is 0 Å². The largest absolute Gasteiger partial charge is 0.381 e. The number of fused-ring (bicyclic) bond motifs is 1. The first kappa shape index (κ1) is 21.0. The van der Waals surface area contributed by atoms with Crippen LogP contribution in [0, 0.1) is 0 Å². The van der Waals surface area contributed by atoms with Crippen LogP contribution in [0.15, 0.2) is 42.7 Å². The number of nitrogens with zero attached hydrogens (tertiary/aromatic N) is 5. The number of anilines is 2. The predicted octanol–water partition coefficient (Wildman–Crippen LogP) is 1.16. The molecule has 32 heavy (non-hydrogen) atoms. The second kappa shape index (κ2) is 9.74. The van der Waals surface area contributed by atoms with Gasteiger partial charge in [-0.1, -0.05) is 12.1 Å². The molecule has 5 rings (SSSR count). The molecule has 0 spiro atoms. The van der Waals surface area contributed by atoms with Crippen molar-refractivity contribution in [3.05, 3.63) is 42.7 Å². The Hall–Kier alpha value is -2.85. The third-order valence-corrected chi connectivity index (χ3v) is 6.06. The highest BCUT2D eigenvalue weighted by molar-refractivity contribution is 5.88. The van der Waals surface area contributed by atoms with Crippen molar-refractivity contribution in [2.75, 3.05) is 69.4 Å². The number of nitrogens with one attached hydrogen (secondary N) is 2. The second-order valence-corrected chi connectivity index (χ2v) is 8.15. The number of pyridine rings is 1. The van der Waals surface area contributed by atoms with Crippen molar-refractivity contribution >= 4 is 22.5 Å². The minimum absolute atomic E-state index is 0.103. The van der Waals surface area contributed by atoms with Crippen LogP contribution < -0.4 is 15.5 Å². The van der Waals surface area contributed by atoms with Gasteiger partial charge in [-0.2, -0.15) is 0 Å². The highest BCUT2D eigenvalue weighted by Gasteiger charge is 2.18. The van der Waals surface area contributed by atoms with Gasteiger partial charge in [0.2, 0.25) is 0 Å². The van der Waals surface area contributed by atoms with Crippen LogP contribution in [-0.4, -0.2) is 90.2 Å². The summed E-state index contributed by atoms with van der Waals surface area (Å²) in [5, 5.41) is 16.1. The third kappa shape index (κ3) is 4.66. The van der Waals surface area contributed by atoms with E-state index in [9.17, 15) is 5.11 Å². The van der Waals surface area contributed by atoms with Gasteiger partial charge >= 0.3 is 0 Å². The fraction of sp³-hybridized carbons (Fsp3) is 0.435. The van der Waals surface area contributed by atoms with E-state index in [1.165, 1.54) is 5.69 Å². The number of rotatable bonds is 6. The van der Waals surface area contributed by atoms with Crippen molar-refractivity contribution < 1.29 is 9.84 Å². The maximum absolute atomic E-state index is 9.30. The highest BCUT2D eigenvalue weighted by Crippen LogP contribution is 2.27. The lowest BCUT2D eigenvalue weighted by Gasteiger charge is -2.35. The van der Waals surface area contributed by atoms with Gasteiger partial charge in [-0.3, -0.25) is 9.88 Å². The molecular weight excluding hydrogens is 406 g/mol. The lowest BCUT2D eigenvalue weighted by Crippen LogP contribution is -2.46. The lowest BCUT2D eigenvalue weighted by atomic mass is 10.1. The fourth-order valence-electron chi connectivity index (χ4n) is 4.20. The summed E-state index contributed by atoms with van der Waals surface area (Å²) in [4.78, 5) is 18.3. The Bertz CT molecular complexity index is 1030. The molecule has 0 radical (unpaired) electrons. The van der Waals surface area contributed by atoms with Gasteiger partial charge in [0.1, 0.15) is 5.52 Å². The van der Waals surface area contributed by atoms with Gasteiger partial charge < -0.3 is 25.4 Å². The molecule has 2 aromatic heterocycles. The summed E-state index contributed by atoms with van der Waals surface area (Å²) in [6, 6.07) is 10.5. The number of aliphatic hydroxyl groups is 1. The van der Waals surface area contributed by atoms with Gasteiger partial charge in [-0.15, -0.1) is 0 Å². The third-order valence-electron chi connectivity index (χ3n) is 6.06. The summed E-state index contributed by atoms with van der Waals surface area (Å²) in [5.74, 6) is 0.726. The SMILES string of the molecule is OCN1CCN(c2ccc(-c3cc4nccnc4c(NC[C@@H]4CNCCO4)n3)cc2)CC1. The Labute approximate surface area is 187 Å². The van der Waals surface area contributed by atoms with Crippen LogP contribution in [0.5, 0.6) is 0 Å². The molecule has 2 fully saturated rings. The molecule has 0 unspecified atom stereocenters. The number of hydrogen-bond donors (Lipinski definition) is 3. The summed E-state index contributed by atoms with van der Waals surface area (Å²) in [6.07, 6.45) is 3.50. The molecule has 0 aliphatic carbocycles. The van der Waals surface area contributed by atoms with E-state index in [0.29, 0.717) is 6.54 Å². The fourth-order valence-corrected chi connectivity index (χ4v) is 4.20. The molecule has 4 heterocycles. The van der Waals surface area contributed by atoms with Gasteiger partial charge in [0, 0.05) is 69.5 Å². The maximum Gasteiger partial charge on any atom is 0.154 e. The maximum atomic E-state index is 9.30. The molecule has 9 nitrogen and oxygen atoms in total. The number of aliphatic hydroxyl groups excluding tert-OH is 1. The highest BCUT2D eigenvalue weighted by atomic mass is 16.5. The number of benzene rings is 1. The molecule has 1 atom stereocenters. The molecule has 0 saturated carbocycles. The Morgan fingerprint density at radius 1 is 1.09 bits per heavy atom. The normalized spacial score (nSPS) is 19.9. The Balaban J connectivity index is 1.36. The quantitative estimate of drug-likeness (QED) is 0.527. The molecule has 2 aliphatic rings. The first-order valence-corrected chi connectivity index (χ1v) is 11.2. The van der Waals surface area contributed by atoms with Crippen LogP contribution >= 0.6 is 0 Å². The summed E-state index contributed by atoms with van der Waals surface area (Å²) in [7, 11) is 0. The van der Waals surface area contributed by atoms with Gasteiger partial charge in [0.05, 0.1) is 30.7 Å². The van der Waals surface area contributed by atoms with Crippen LogP contribution in [-0.2, 0) is 4.74 Å². The zero-order chi connectivity index (χ0) is 21.8. The molecule has 0 bridgehead atoms. The van der Waals surface area contributed by atoms with Crippen molar-refractivity contribution in [2.45, 2.75) is 6.10 Å². The number of ether oxygens (including phenoxy) is 1. The second-order valence-electron chi connectivity index (χ2n) is 8.15. The van der Waals surface area contributed by atoms with E-state index in [1.807, 2.05) is 11.0 Å². The van der Waals surface area contributed by atoms with E-state index in [1.54, 1.807) is 12.4 Å². The van der Waals surface area contributed by atoms with Crippen LogP contribution in [0.4, 0.5) is 11.5 Å². The minimum atomic E-state index is 0.103. The zero-order valence-corrected chi connectivity index (χ0v) is 18.1. The van der Waals surface area contributed by atoms with Crippen molar-refractivity contribution in [1.82, 2.24) is 25.2 Å². The van der Waals surface area contributed by atoms with Crippen LogP contribution in [0.1, 0.15) is 0 Å². The topological polar surface area (TPSA) is 98.7 Å². The Kier molecular flexibility index (Phi) is 6.40. The van der Waals surface area contributed by atoms with Crippen molar-refractivity contribution in [3.63, 3.8) is 0 Å². The number of morpholine rings is 1. The summed E-state index contributed by atoms with van der Waals surface area (Å²) >= 11 is 0. The number of hydrogen-bond acceptors (Lipinski definition) is 9. The monoisotopic (exact) mass is 435 g/mol. The number of piperazine rings is 1. The van der Waals surface area contributed by atoms with Crippen LogP contribution in [0.2, 0.25) is 0 Å². The lowest BCUT2D eigenvalue weighted by molar-refractivity contribution is 0.0372. The van der Waals surface area contributed by atoms with Gasteiger partial charge in [0.25, 0.3) is 0 Å². The first-order chi connectivity index (χ1) is 15.8. The molecule has 2 aliphatic heterocycles. The van der Waals surface area contributed by atoms with Gasteiger partial charge in [-0.25, -0.2) is 9.97 Å². The average molecular weight is 436 g/mol. The van der Waals surface area contributed by atoms with E-state index in [4.69, 9.17) is 9.72 Å². The zero-order valence-electron chi connectivity index (χ0n) is 18.1. The smallest absolute Gasteiger partial charge is 0.154 e. The Morgan fingerprint density at radius 2 is 1.91 bits per heavy atom. The average Bonchev–Trinajstić information content (AvgIpc) is 2.88. The van der Waals surface area contributed by atoms with E-state index in [0.717, 1.165) is 74.0 Å². The molecule has 1 aromatic carbocycles. The summed E-state index contributed by atoms with van der Waals surface area (Å²) in [5.41, 5.74) is 4.66. The standard InChI is InChI=1S/C23H29N7O2/c31-16-29-8-10-30(11-9-29)18-3-1-17(2-4-18)20-13-21-22(26-6-5-25-21)23(28-20)27-15-19-14-24-7-12-32-19/h1-6,13,19,24,31H,7-12,14-16H2,(H,27,28)/t19-/m0/s1. The molecule has 3 aromatic rings. The number of aromatic nitrogens is 3. The van der Waals surface area contributed by atoms with Gasteiger partial charge in [-0.05, 0) is 18.2 Å². The van der Waals surface area contributed by atoms with E-state index >= 15 is 0 Å². The summed E-state index contributed by atoms with van der Waals surface area (Å²) < 4.78 is 5.80. The van der Waals surface area contributed by atoms with E-state index in [2.05, 4.69) is 49.8 Å². The molecule has 2 saturated heterocycles. The van der Waals surface area contributed by atoms with Crippen molar-refractivity contribution in [2.24, 2.45) is 0 Å². The predicted molar refractivity (Wildman–Crippen MR) is 125 cm³/mol. The van der Waals surface area contributed by atoms with Gasteiger partial charge in [0.15, 0.2) is 5.82 Å². The first-order valence-electron chi connectivity index (χ1n) is 11.2. The molecule has 168 valence electrons. The molecule has 0 amide bonds. The molecule has 9 heteroatoms.